The minimum absolute atomic E-state index is 0.0456. The highest BCUT2D eigenvalue weighted by Crippen LogP contribution is 2.23. The molecule has 0 atom stereocenters. The molecule has 0 radical (unpaired) electrons. The molecule has 4 rings (SSSR count). The van der Waals surface area contributed by atoms with Crippen molar-refractivity contribution in [2.45, 2.75) is 25.7 Å². The zero-order chi connectivity index (χ0) is 22.2. The van der Waals surface area contributed by atoms with Crippen molar-refractivity contribution in [2.75, 3.05) is 10.0 Å². The summed E-state index contributed by atoms with van der Waals surface area (Å²) in [5.74, 6) is 0.111. The Morgan fingerprint density at radius 3 is 2.52 bits per heavy atom. The number of aromatic nitrogens is 1. The molecule has 7 nitrogen and oxygen atoms in total. The first kappa shape index (κ1) is 20.6. The van der Waals surface area contributed by atoms with Crippen LogP contribution < -0.4 is 10.0 Å². The van der Waals surface area contributed by atoms with Crippen LogP contribution in [0.5, 0.6) is 0 Å². The predicted octanol–water partition coefficient (Wildman–Crippen LogP) is 4.81. The van der Waals surface area contributed by atoms with E-state index < -0.39 is 15.9 Å². The Morgan fingerprint density at radius 2 is 1.74 bits per heavy atom. The van der Waals surface area contributed by atoms with Crippen LogP contribution in [0.25, 0.3) is 11.1 Å². The van der Waals surface area contributed by atoms with Crippen molar-refractivity contribution in [2.24, 2.45) is 0 Å². The molecule has 1 aromatic heterocycles. The van der Waals surface area contributed by atoms with E-state index in [1.807, 2.05) is 13.0 Å². The number of anilines is 2. The summed E-state index contributed by atoms with van der Waals surface area (Å²) in [5, 5.41) is 2.78. The van der Waals surface area contributed by atoms with E-state index in [9.17, 15) is 13.2 Å². The van der Waals surface area contributed by atoms with Crippen LogP contribution in [0.1, 0.15) is 27.4 Å². The monoisotopic (exact) mass is 435 g/mol. The van der Waals surface area contributed by atoms with Crippen LogP contribution in [0.3, 0.4) is 0 Å². The summed E-state index contributed by atoms with van der Waals surface area (Å²) < 4.78 is 33.9. The highest BCUT2D eigenvalue weighted by atomic mass is 32.2. The number of aryl methyl sites for hydroxylation is 3. The van der Waals surface area contributed by atoms with Gasteiger partial charge in [0.2, 0.25) is 0 Å². The molecule has 0 aliphatic heterocycles. The molecule has 0 aliphatic rings. The number of hydrogen-bond donors (Lipinski definition) is 2. The smallest absolute Gasteiger partial charge is 0.262 e. The molecule has 3 aromatic carbocycles. The molecule has 0 saturated heterocycles. The second kappa shape index (κ2) is 7.88. The Morgan fingerprint density at radius 1 is 0.935 bits per heavy atom. The van der Waals surface area contributed by atoms with Crippen molar-refractivity contribution in [1.29, 1.82) is 0 Å². The number of nitrogens with zero attached hydrogens (tertiary/aromatic N) is 1. The van der Waals surface area contributed by atoms with Gasteiger partial charge in [-0.15, -0.1) is 0 Å². The first-order valence-corrected chi connectivity index (χ1v) is 11.1. The highest BCUT2D eigenvalue weighted by Gasteiger charge is 2.20. The van der Waals surface area contributed by atoms with E-state index in [1.165, 1.54) is 6.07 Å². The molecule has 31 heavy (non-hydrogen) atoms. The van der Waals surface area contributed by atoms with Crippen LogP contribution in [-0.2, 0) is 10.0 Å². The fourth-order valence-corrected chi connectivity index (χ4v) is 4.59. The van der Waals surface area contributed by atoms with Gasteiger partial charge >= 0.3 is 0 Å². The van der Waals surface area contributed by atoms with E-state index >= 15 is 0 Å². The molecule has 0 saturated carbocycles. The summed E-state index contributed by atoms with van der Waals surface area (Å²) in [5.41, 5.74) is 3.96. The molecule has 0 spiro atoms. The van der Waals surface area contributed by atoms with Crippen molar-refractivity contribution < 1.29 is 17.6 Å². The lowest BCUT2D eigenvalue weighted by Crippen LogP contribution is -2.17. The van der Waals surface area contributed by atoms with Crippen LogP contribution in [0.15, 0.2) is 70.0 Å². The number of carbonyl (C=O) groups is 1. The number of sulfonamides is 1. The van der Waals surface area contributed by atoms with Gasteiger partial charge in [-0.3, -0.25) is 9.52 Å². The number of fused-ring (bicyclic) bond motifs is 1. The topological polar surface area (TPSA) is 101 Å². The SMILES string of the molecule is Cc1cccc(NS(=O)(=O)c2cc(C(=O)Nc3ccc4oc(C)nc4c3)ccc2C)c1. The number of rotatable bonds is 5. The first-order chi connectivity index (χ1) is 14.7. The molecule has 158 valence electrons. The van der Waals surface area contributed by atoms with E-state index in [0.29, 0.717) is 33.9 Å². The molecule has 0 fully saturated rings. The van der Waals surface area contributed by atoms with E-state index in [2.05, 4.69) is 15.0 Å². The number of nitrogens with one attached hydrogen (secondary N) is 2. The average molecular weight is 436 g/mol. The van der Waals surface area contributed by atoms with Crippen LogP contribution in [0, 0.1) is 20.8 Å². The first-order valence-electron chi connectivity index (χ1n) is 9.60. The molecule has 0 aliphatic carbocycles. The molecule has 0 bridgehead atoms. The Kier molecular flexibility index (Phi) is 5.24. The highest BCUT2D eigenvalue weighted by molar-refractivity contribution is 7.92. The summed E-state index contributed by atoms with van der Waals surface area (Å²) in [6, 6.07) is 16.8. The van der Waals surface area contributed by atoms with E-state index in [4.69, 9.17) is 4.42 Å². The van der Waals surface area contributed by atoms with Crippen molar-refractivity contribution in [3.05, 3.63) is 83.2 Å². The molecule has 8 heteroatoms. The molecule has 0 unspecified atom stereocenters. The fraction of sp³-hybridized carbons (Fsp3) is 0.130. The predicted molar refractivity (Wildman–Crippen MR) is 120 cm³/mol. The second-order valence-electron chi connectivity index (χ2n) is 7.32. The van der Waals surface area contributed by atoms with Crippen LogP contribution in [0.2, 0.25) is 0 Å². The second-order valence-corrected chi connectivity index (χ2v) is 8.98. The number of hydrogen-bond acceptors (Lipinski definition) is 5. The Labute approximate surface area is 180 Å². The lowest BCUT2D eigenvalue weighted by molar-refractivity contribution is 0.102. The molecular weight excluding hydrogens is 414 g/mol. The molecule has 1 amide bonds. The van der Waals surface area contributed by atoms with Crippen LogP contribution in [-0.4, -0.2) is 19.3 Å². The Balaban J connectivity index is 1.60. The van der Waals surface area contributed by atoms with Crippen LogP contribution in [0.4, 0.5) is 11.4 Å². The van der Waals surface area contributed by atoms with E-state index in [-0.39, 0.29) is 10.5 Å². The quantitative estimate of drug-likeness (QED) is 0.469. The molecule has 2 N–H and O–H groups in total. The maximum Gasteiger partial charge on any atom is 0.262 e. The van der Waals surface area contributed by atoms with Crippen molar-refractivity contribution in [3.8, 4) is 0 Å². The van der Waals surface area contributed by atoms with Gasteiger partial charge in [0.1, 0.15) is 5.52 Å². The zero-order valence-electron chi connectivity index (χ0n) is 17.3. The maximum atomic E-state index is 13.0. The van der Waals surface area contributed by atoms with Crippen molar-refractivity contribution >= 4 is 38.4 Å². The van der Waals surface area contributed by atoms with E-state index in [1.54, 1.807) is 62.4 Å². The normalized spacial score (nSPS) is 11.5. The largest absolute Gasteiger partial charge is 0.441 e. The third-order valence-electron chi connectivity index (χ3n) is 4.76. The number of oxazole rings is 1. The van der Waals surface area contributed by atoms with E-state index in [0.717, 1.165) is 5.56 Å². The van der Waals surface area contributed by atoms with Gasteiger partial charge < -0.3 is 9.73 Å². The fourth-order valence-electron chi connectivity index (χ4n) is 3.27. The van der Waals surface area contributed by atoms with Gasteiger partial charge in [-0.1, -0.05) is 18.2 Å². The van der Waals surface area contributed by atoms with Crippen LogP contribution >= 0.6 is 0 Å². The number of amides is 1. The summed E-state index contributed by atoms with van der Waals surface area (Å²) in [4.78, 5) is 17.1. The summed E-state index contributed by atoms with van der Waals surface area (Å²) in [6.07, 6.45) is 0. The molecule has 1 heterocycles. The average Bonchev–Trinajstić information content (AvgIpc) is 3.07. The third-order valence-corrected chi connectivity index (χ3v) is 6.29. The molecular formula is C23H21N3O4S. The van der Waals surface area contributed by atoms with Gasteiger partial charge in [0.25, 0.3) is 15.9 Å². The van der Waals surface area contributed by atoms with Gasteiger partial charge in [-0.05, 0) is 67.4 Å². The van der Waals surface area contributed by atoms with Gasteiger partial charge in [0, 0.05) is 23.9 Å². The Bertz CT molecular complexity index is 1410. The van der Waals surface area contributed by atoms with Gasteiger partial charge in [-0.2, -0.15) is 0 Å². The Hall–Kier alpha value is -3.65. The molecule has 4 aromatic rings. The zero-order valence-corrected chi connectivity index (χ0v) is 18.1. The summed E-state index contributed by atoms with van der Waals surface area (Å²) >= 11 is 0. The summed E-state index contributed by atoms with van der Waals surface area (Å²) in [7, 11) is -3.87. The third kappa shape index (κ3) is 4.44. The van der Waals surface area contributed by atoms with Gasteiger partial charge in [-0.25, -0.2) is 13.4 Å². The minimum Gasteiger partial charge on any atom is -0.441 e. The maximum absolute atomic E-state index is 13.0. The lowest BCUT2D eigenvalue weighted by atomic mass is 10.1. The number of benzene rings is 3. The van der Waals surface area contributed by atoms with Gasteiger partial charge in [0.05, 0.1) is 4.90 Å². The standard InChI is InChI=1S/C23H21N3O4S/c1-14-5-4-6-19(11-14)26-31(28,29)22-12-17(8-7-15(22)2)23(27)25-18-9-10-21-20(13-18)24-16(3)30-21/h4-13,26H,1-3H3,(H,25,27). The van der Waals surface area contributed by atoms with Crippen molar-refractivity contribution in [3.63, 3.8) is 0 Å². The number of carbonyl (C=O) groups excluding carboxylic acids is 1. The van der Waals surface area contributed by atoms with Gasteiger partial charge in [0.15, 0.2) is 11.5 Å². The minimum atomic E-state index is -3.87. The van der Waals surface area contributed by atoms with Crippen molar-refractivity contribution in [1.82, 2.24) is 4.98 Å². The lowest BCUT2D eigenvalue weighted by Gasteiger charge is -2.12. The summed E-state index contributed by atoms with van der Waals surface area (Å²) in [6.45, 7) is 5.32.